The molecule has 4 heteroatoms. The van der Waals surface area contributed by atoms with E-state index >= 15 is 0 Å². The molecule has 0 saturated heterocycles. The molecule has 0 amide bonds. The van der Waals surface area contributed by atoms with E-state index in [-0.39, 0.29) is 0 Å². The second kappa shape index (κ2) is 10.1. The second-order valence-corrected chi connectivity index (χ2v) is 6.56. The van der Waals surface area contributed by atoms with Crippen LogP contribution in [-0.2, 0) is 22.3 Å². The lowest BCUT2D eigenvalue weighted by Crippen LogP contribution is -1.95. The van der Waals surface area contributed by atoms with Gasteiger partial charge in [0.2, 0.25) is 0 Å². The Kier molecular flexibility index (Phi) is 7.70. The third kappa shape index (κ3) is 6.89. The molecule has 0 heterocycles. The third-order valence-electron chi connectivity index (χ3n) is 3.38. The maximum atomic E-state index is 11.9. The zero-order valence-corrected chi connectivity index (χ0v) is 14.3. The van der Waals surface area contributed by atoms with Crippen molar-refractivity contribution in [1.29, 1.82) is 0 Å². The van der Waals surface area contributed by atoms with Crippen molar-refractivity contribution in [3.8, 4) is 0 Å². The van der Waals surface area contributed by atoms with Crippen LogP contribution in [0.4, 0.5) is 0 Å². The van der Waals surface area contributed by atoms with Crippen molar-refractivity contribution < 1.29 is 8.95 Å². The maximum Gasteiger partial charge on any atom is 0.172 e. The first-order chi connectivity index (χ1) is 11.3. The lowest BCUT2D eigenvalue weighted by molar-refractivity contribution is 0.117. The van der Waals surface area contributed by atoms with Crippen LogP contribution in [0.3, 0.4) is 0 Å². The Labute approximate surface area is 141 Å². The van der Waals surface area contributed by atoms with Crippen LogP contribution in [0, 0.1) is 6.92 Å². The smallest absolute Gasteiger partial charge is 0.172 e. The van der Waals surface area contributed by atoms with E-state index in [9.17, 15) is 4.21 Å². The largest absolute Gasteiger partial charge is 0.377 e. The highest BCUT2D eigenvalue weighted by Gasteiger charge is 1.99. The van der Waals surface area contributed by atoms with Gasteiger partial charge in [-0.05, 0) is 43.9 Å². The Bertz CT molecular complexity index is 624. The van der Waals surface area contributed by atoms with Crippen molar-refractivity contribution in [2.45, 2.75) is 37.7 Å². The van der Waals surface area contributed by atoms with Crippen LogP contribution in [0.25, 0.3) is 0 Å². The minimum Gasteiger partial charge on any atom is -0.377 e. The van der Waals surface area contributed by atoms with Gasteiger partial charge in [-0.2, -0.15) is 4.40 Å². The number of hydrogen-bond acceptors (Lipinski definition) is 2. The van der Waals surface area contributed by atoms with E-state index in [2.05, 4.69) is 16.5 Å². The van der Waals surface area contributed by atoms with Gasteiger partial charge < -0.3 is 4.74 Å². The molecule has 0 radical (unpaired) electrons. The lowest BCUT2D eigenvalue weighted by Gasteiger charge is -2.03. The first-order valence-electron chi connectivity index (χ1n) is 7.88. The van der Waals surface area contributed by atoms with E-state index < -0.39 is 11.0 Å². The van der Waals surface area contributed by atoms with Crippen LogP contribution >= 0.6 is 0 Å². The molecule has 0 N–H and O–H groups in total. The normalized spacial score (nSPS) is 12.6. The summed E-state index contributed by atoms with van der Waals surface area (Å²) < 4.78 is 21.7. The standard InChI is InChI=1S/C19H23NO2S/c1-17-10-12-19(13-11-17)23(21)20-14-6-3-7-15-22-16-18-8-4-2-5-9-18/h2,4-5,8-14H,3,6-7,15-16H2,1H3/b20-14+/t23-/m0/s1. The summed E-state index contributed by atoms with van der Waals surface area (Å²) in [7, 11) is -1.29. The van der Waals surface area contributed by atoms with E-state index in [0.29, 0.717) is 6.61 Å². The maximum absolute atomic E-state index is 11.9. The van der Waals surface area contributed by atoms with E-state index in [1.165, 1.54) is 5.56 Å². The average molecular weight is 329 g/mol. The topological polar surface area (TPSA) is 38.7 Å². The van der Waals surface area contributed by atoms with Crippen LogP contribution in [0.1, 0.15) is 30.4 Å². The van der Waals surface area contributed by atoms with Crippen molar-refractivity contribution in [1.82, 2.24) is 0 Å². The van der Waals surface area contributed by atoms with Crippen LogP contribution in [-0.4, -0.2) is 17.0 Å². The number of ether oxygens (including phenoxy) is 1. The molecule has 0 bridgehead atoms. The summed E-state index contributed by atoms with van der Waals surface area (Å²) in [5.74, 6) is 0. The Morgan fingerprint density at radius 3 is 2.52 bits per heavy atom. The summed E-state index contributed by atoms with van der Waals surface area (Å²) in [6, 6.07) is 17.8. The van der Waals surface area contributed by atoms with Gasteiger partial charge >= 0.3 is 0 Å². The molecule has 0 aliphatic rings. The minimum absolute atomic E-state index is 0.659. The van der Waals surface area contributed by atoms with Crippen LogP contribution < -0.4 is 0 Å². The molecule has 0 aromatic heterocycles. The highest BCUT2D eigenvalue weighted by Crippen LogP contribution is 2.09. The van der Waals surface area contributed by atoms with E-state index in [0.717, 1.165) is 36.3 Å². The molecule has 2 rings (SSSR count). The monoisotopic (exact) mass is 329 g/mol. The molecule has 23 heavy (non-hydrogen) atoms. The molecule has 0 saturated carbocycles. The zero-order valence-electron chi connectivity index (χ0n) is 13.5. The molecular weight excluding hydrogens is 306 g/mol. The summed E-state index contributed by atoms with van der Waals surface area (Å²) >= 11 is 0. The first-order valence-corrected chi connectivity index (χ1v) is 8.99. The van der Waals surface area contributed by atoms with Crippen molar-refractivity contribution in [3.05, 3.63) is 65.7 Å². The Morgan fingerprint density at radius 1 is 1.04 bits per heavy atom. The van der Waals surface area contributed by atoms with Crippen LogP contribution in [0.2, 0.25) is 0 Å². The molecule has 0 fully saturated rings. The lowest BCUT2D eigenvalue weighted by atomic mass is 10.2. The first kappa shape index (κ1) is 17.6. The van der Waals surface area contributed by atoms with Crippen molar-refractivity contribution in [2.24, 2.45) is 4.40 Å². The number of hydrogen-bond donors (Lipinski definition) is 0. The number of benzene rings is 2. The number of aryl methyl sites for hydroxylation is 1. The molecular formula is C19H23NO2S. The van der Waals surface area contributed by atoms with Crippen molar-refractivity contribution in [2.75, 3.05) is 6.61 Å². The van der Waals surface area contributed by atoms with Gasteiger partial charge in [-0.3, -0.25) is 0 Å². The minimum atomic E-state index is -1.29. The van der Waals surface area contributed by atoms with Crippen LogP contribution in [0.15, 0.2) is 63.9 Å². The van der Waals surface area contributed by atoms with E-state index in [1.54, 1.807) is 6.21 Å². The van der Waals surface area contributed by atoms with Gasteiger partial charge in [-0.25, -0.2) is 4.21 Å². The van der Waals surface area contributed by atoms with Gasteiger partial charge in [0.05, 0.1) is 11.5 Å². The van der Waals surface area contributed by atoms with Crippen molar-refractivity contribution in [3.63, 3.8) is 0 Å². The molecule has 1 atom stereocenters. The summed E-state index contributed by atoms with van der Waals surface area (Å²) in [5, 5.41) is 0. The van der Waals surface area contributed by atoms with Gasteiger partial charge in [-0.1, -0.05) is 48.0 Å². The Morgan fingerprint density at radius 2 is 1.78 bits per heavy atom. The fourth-order valence-corrected chi connectivity index (χ4v) is 2.77. The van der Waals surface area contributed by atoms with Gasteiger partial charge in [0.1, 0.15) is 0 Å². The third-order valence-corrected chi connectivity index (χ3v) is 4.39. The molecule has 122 valence electrons. The fraction of sp³-hybridized carbons (Fsp3) is 0.316. The average Bonchev–Trinajstić information content (AvgIpc) is 2.58. The quantitative estimate of drug-likeness (QED) is 0.503. The predicted molar refractivity (Wildman–Crippen MR) is 96.0 cm³/mol. The van der Waals surface area contributed by atoms with Crippen LogP contribution in [0.5, 0.6) is 0 Å². The number of rotatable bonds is 9. The molecule has 2 aromatic carbocycles. The summed E-state index contributed by atoms with van der Waals surface area (Å²) in [5.41, 5.74) is 2.35. The van der Waals surface area contributed by atoms with Gasteiger partial charge in [0.15, 0.2) is 11.0 Å². The number of nitrogens with zero attached hydrogens (tertiary/aromatic N) is 1. The Hall–Kier alpha value is -1.78. The SMILES string of the molecule is Cc1ccc([S@](=O)/N=C/CCCCOCc2ccccc2)cc1. The van der Waals surface area contributed by atoms with Gasteiger partial charge in [0.25, 0.3) is 0 Å². The van der Waals surface area contributed by atoms with Gasteiger partial charge in [0, 0.05) is 12.8 Å². The van der Waals surface area contributed by atoms with Gasteiger partial charge in [-0.15, -0.1) is 0 Å². The van der Waals surface area contributed by atoms with E-state index in [1.807, 2.05) is 49.4 Å². The molecule has 0 aliphatic carbocycles. The molecule has 3 nitrogen and oxygen atoms in total. The number of unbranched alkanes of at least 4 members (excludes halogenated alkanes) is 2. The van der Waals surface area contributed by atoms with E-state index in [4.69, 9.17) is 4.74 Å². The molecule has 2 aromatic rings. The zero-order chi connectivity index (χ0) is 16.3. The highest BCUT2D eigenvalue weighted by molar-refractivity contribution is 7.83. The summed E-state index contributed by atoms with van der Waals surface area (Å²) in [6.07, 6.45) is 4.55. The highest BCUT2D eigenvalue weighted by atomic mass is 32.2. The second-order valence-electron chi connectivity index (χ2n) is 5.38. The molecule has 0 aliphatic heterocycles. The molecule has 0 unspecified atom stereocenters. The summed E-state index contributed by atoms with van der Waals surface area (Å²) in [6.45, 7) is 3.41. The van der Waals surface area contributed by atoms with Crippen molar-refractivity contribution >= 4 is 17.2 Å². The fourth-order valence-electron chi connectivity index (χ4n) is 2.04. The Balaban J connectivity index is 1.56. The molecule has 0 spiro atoms. The predicted octanol–water partition coefficient (Wildman–Crippen LogP) is 4.48. The summed E-state index contributed by atoms with van der Waals surface area (Å²) in [4.78, 5) is 0.748.